The molecule has 0 bridgehead atoms. The molecule has 0 saturated carbocycles. The van der Waals surface area contributed by atoms with Crippen LogP contribution in [0.5, 0.6) is 11.5 Å². The van der Waals surface area contributed by atoms with Gasteiger partial charge in [-0.3, -0.25) is 4.79 Å². The molecule has 0 spiro atoms. The van der Waals surface area contributed by atoms with Gasteiger partial charge in [0, 0.05) is 31.2 Å². The number of nitrogens with zero attached hydrogens (tertiary/aromatic N) is 2. The van der Waals surface area contributed by atoms with E-state index >= 15 is 0 Å². The topological polar surface area (TPSA) is 42.0 Å². The average molecular weight is 375 g/mol. The maximum Gasteiger partial charge on any atom is 0.227 e. The first-order valence-corrected chi connectivity index (χ1v) is 8.97. The lowest BCUT2D eigenvalue weighted by Gasteiger charge is -2.36. The van der Waals surface area contributed by atoms with Crippen LogP contribution in [0.4, 0.5) is 5.69 Å². The molecule has 1 heterocycles. The predicted molar refractivity (Wildman–Crippen MR) is 103 cm³/mol. The highest BCUT2D eigenvalue weighted by molar-refractivity contribution is 6.30. The Morgan fingerprint density at radius 1 is 1.00 bits per heavy atom. The smallest absolute Gasteiger partial charge is 0.227 e. The Morgan fingerprint density at radius 3 is 2.31 bits per heavy atom. The molecular weight excluding hydrogens is 352 g/mol. The van der Waals surface area contributed by atoms with Gasteiger partial charge in [0.15, 0.2) is 0 Å². The monoisotopic (exact) mass is 374 g/mol. The molecule has 0 aromatic heterocycles. The van der Waals surface area contributed by atoms with Crippen LogP contribution in [0.2, 0.25) is 5.02 Å². The molecule has 1 aliphatic rings. The molecule has 0 radical (unpaired) electrons. The first-order valence-electron chi connectivity index (χ1n) is 8.60. The van der Waals surface area contributed by atoms with Crippen molar-refractivity contribution < 1.29 is 14.3 Å². The summed E-state index contributed by atoms with van der Waals surface area (Å²) in [5, 5.41) is 0.679. The van der Waals surface area contributed by atoms with E-state index in [1.165, 1.54) is 0 Å². The van der Waals surface area contributed by atoms with Gasteiger partial charge in [0.1, 0.15) is 11.5 Å². The van der Waals surface area contributed by atoms with E-state index in [0.29, 0.717) is 24.5 Å². The molecule has 0 aliphatic carbocycles. The Hall–Kier alpha value is -2.40. The summed E-state index contributed by atoms with van der Waals surface area (Å²) >= 11 is 6.13. The molecule has 138 valence electrons. The molecule has 0 unspecified atom stereocenters. The van der Waals surface area contributed by atoms with Crippen molar-refractivity contribution in [1.29, 1.82) is 0 Å². The summed E-state index contributed by atoms with van der Waals surface area (Å²) in [5.41, 5.74) is 1.97. The fraction of sp³-hybridized carbons (Fsp3) is 0.350. The molecule has 3 rings (SSSR count). The number of hydrogen-bond donors (Lipinski definition) is 0. The third-order valence-corrected chi connectivity index (χ3v) is 4.86. The molecule has 1 saturated heterocycles. The first-order chi connectivity index (χ1) is 12.6. The Morgan fingerprint density at radius 2 is 1.69 bits per heavy atom. The van der Waals surface area contributed by atoms with Crippen molar-refractivity contribution >= 4 is 23.2 Å². The second-order valence-electron chi connectivity index (χ2n) is 6.21. The van der Waals surface area contributed by atoms with Crippen LogP contribution in [0.3, 0.4) is 0 Å². The second-order valence-corrected chi connectivity index (χ2v) is 6.65. The van der Waals surface area contributed by atoms with Crippen LogP contribution < -0.4 is 14.4 Å². The highest BCUT2D eigenvalue weighted by atomic mass is 35.5. The van der Waals surface area contributed by atoms with Gasteiger partial charge >= 0.3 is 0 Å². The highest BCUT2D eigenvalue weighted by Gasteiger charge is 2.23. The normalized spacial score (nSPS) is 14.3. The van der Waals surface area contributed by atoms with Crippen molar-refractivity contribution in [1.82, 2.24) is 4.90 Å². The van der Waals surface area contributed by atoms with E-state index in [1.807, 2.05) is 47.4 Å². The van der Waals surface area contributed by atoms with Gasteiger partial charge in [-0.2, -0.15) is 0 Å². The van der Waals surface area contributed by atoms with Gasteiger partial charge in [0.25, 0.3) is 0 Å². The third-order valence-electron chi connectivity index (χ3n) is 4.63. The number of carbonyl (C=O) groups excluding carboxylic acids is 1. The zero-order valence-electron chi connectivity index (χ0n) is 15.1. The SMILES string of the molecule is COc1ccc(CC(=O)N2CCN(c3cc(Cl)ccc3OC)CC2)cc1. The fourth-order valence-electron chi connectivity index (χ4n) is 3.14. The molecule has 0 atom stereocenters. The Kier molecular flexibility index (Phi) is 5.89. The highest BCUT2D eigenvalue weighted by Crippen LogP contribution is 2.31. The van der Waals surface area contributed by atoms with Crippen LogP contribution in [0, 0.1) is 0 Å². The van der Waals surface area contributed by atoms with E-state index in [4.69, 9.17) is 21.1 Å². The lowest BCUT2D eigenvalue weighted by atomic mass is 10.1. The summed E-state index contributed by atoms with van der Waals surface area (Å²) in [7, 11) is 3.29. The predicted octanol–water partition coefficient (Wildman–Crippen LogP) is 3.25. The van der Waals surface area contributed by atoms with Crippen molar-refractivity contribution in [2.24, 2.45) is 0 Å². The molecule has 2 aromatic rings. The van der Waals surface area contributed by atoms with Crippen LogP contribution in [0.25, 0.3) is 0 Å². The summed E-state index contributed by atoms with van der Waals surface area (Å²) in [6.07, 6.45) is 0.407. The largest absolute Gasteiger partial charge is 0.497 e. The van der Waals surface area contributed by atoms with Gasteiger partial charge in [-0.1, -0.05) is 23.7 Å². The van der Waals surface area contributed by atoms with E-state index in [9.17, 15) is 4.79 Å². The zero-order valence-corrected chi connectivity index (χ0v) is 15.8. The minimum Gasteiger partial charge on any atom is -0.497 e. The number of anilines is 1. The number of ether oxygens (including phenoxy) is 2. The van der Waals surface area contributed by atoms with Crippen LogP contribution in [0.1, 0.15) is 5.56 Å². The van der Waals surface area contributed by atoms with Gasteiger partial charge in [-0.25, -0.2) is 0 Å². The molecule has 2 aromatic carbocycles. The van der Waals surface area contributed by atoms with Gasteiger partial charge in [-0.15, -0.1) is 0 Å². The first kappa shape index (κ1) is 18.4. The third kappa shape index (κ3) is 4.22. The summed E-state index contributed by atoms with van der Waals surface area (Å²) in [5.74, 6) is 1.74. The molecular formula is C20H23ClN2O3. The number of benzene rings is 2. The average Bonchev–Trinajstić information content (AvgIpc) is 2.68. The molecule has 0 N–H and O–H groups in total. The van der Waals surface area contributed by atoms with Crippen LogP contribution in [-0.2, 0) is 11.2 Å². The lowest BCUT2D eigenvalue weighted by Crippen LogP contribution is -2.49. The number of halogens is 1. The maximum absolute atomic E-state index is 12.6. The van der Waals surface area contributed by atoms with E-state index in [2.05, 4.69) is 4.90 Å². The van der Waals surface area contributed by atoms with E-state index in [-0.39, 0.29) is 5.91 Å². The standard InChI is InChI=1S/C20H23ClN2O3/c1-25-17-6-3-15(4-7-17)13-20(24)23-11-9-22(10-12-23)18-14-16(21)5-8-19(18)26-2/h3-8,14H,9-13H2,1-2H3. The van der Waals surface area contributed by atoms with E-state index in [1.54, 1.807) is 14.2 Å². The number of hydrogen-bond acceptors (Lipinski definition) is 4. The fourth-order valence-corrected chi connectivity index (χ4v) is 3.30. The summed E-state index contributed by atoms with van der Waals surface area (Å²) in [6, 6.07) is 13.2. The van der Waals surface area contributed by atoms with E-state index in [0.717, 1.165) is 35.8 Å². The van der Waals surface area contributed by atoms with E-state index < -0.39 is 0 Å². The molecule has 26 heavy (non-hydrogen) atoms. The number of rotatable bonds is 5. The zero-order chi connectivity index (χ0) is 18.5. The van der Waals surface area contributed by atoms with Crippen molar-refractivity contribution in [3.8, 4) is 11.5 Å². The Bertz CT molecular complexity index is 756. The lowest BCUT2D eigenvalue weighted by molar-refractivity contribution is -0.130. The van der Waals surface area contributed by atoms with Gasteiger partial charge in [0.2, 0.25) is 5.91 Å². The minimum atomic E-state index is 0.146. The Balaban J connectivity index is 1.59. The molecule has 6 heteroatoms. The summed E-state index contributed by atoms with van der Waals surface area (Å²) in [6.45, 7) is 2.88. The van der Waals surface area contributed by atoms with Crippen molar-refractivity contribution in [2.75, 3.05) is 45.3 Å². The van der Waals surface area contributed by atoms with Crippen LogP contribution in [-0.4, -0.2) is 51.2 Å². The van der Waals surface area contributed by atoms with Crippen molar-refractivity contribution in [3.63, 3.8) is 0 Å². The number of amides is 1. The van der Waals surface area contributed by atoms with Gasteiger partial charge in [-0.05, 0) is 35.9 Å². The second kappa shape index (κ2) is 8.32. The number of carbonyl (C=O) groups is 1. The van der Waals surface area contributed by atoms with Crippen molar-refractivity contribution in [3.05, 3.63) is 53.1 Å². The van der Waals surface area contributed by atoms with Gasteiger partial charge in [0.05, 0.1) is 26.3 Å². The van der Waals surface area contributed by atoms with Crippen LogP contribution >= 0.6 is 11.6 Å². The summed E-state index contributed by atoms with van der Waals surface area (Å²) < 4.78 is 10.6. The van der Waals surface area contributed by atoms with Crippen molar-refractivity contribution in [2.45, 2.75) is 6.42 Å². The molecule has 1 amide bonds. The van der Waals surface area contributed by atoms with Gasteiger partial charge < -0.3 is 19.3 Å². The summed E-state index contributed by atoms with van der Waals surface area (Å²) in [4.78, 5) is 16.7. The molecule has 5 nitrogen and oxygen atoms in total. The number of piperazine rings is 1. The van der Waals surface area contributed by atoms with Crippen LogP contribution in [0.15, 0.2) is 42.5 Å². The molecule has 1 aliphatic heterocycles. The number of methoxy groups -OCH3 is 2. The quantitative estimate of drug-likeness (QED) is 0.805. The maximum atomic E-state index is 12.6. The molecule has 1 fully saturated rings. The Labute approximate surface area is 159 Å². The minimum absolute atomic E-state index is 0.146.